The summed E-state index contributed by atoms with van der Waals surface area (Å²) in [5.74, 6) is 0.302. The Balaban J connectivity index is 3.53. The zero-order valence-corrected chi connectivity index (χ0v) is 9.03. The van der Waals surface area contributed by atoms with Crippen molar-refractivity contribution in [3.63, 3.8) is 0 Å². The van der Waals surface area contributed by atoms with Crippen LogP contribution in [0.2, 0.25) is 0 Å². The van der Waals surface area contributed by atoms with Crippen LogP contribution in [0.1, 0.15) is 19.3 Å². The van der Waals surface area contributed by atoms with E-state index in [0.717, 1.165) is 12.7 Å². The van der Waals surface area contributed by atoms with E-state index in [0.29, 0.717) is 18.7 Å². The lowest BCUT2D eigenvalue weighted by Gasteiger charge is -1.99. The molecule has 0 aliphatic rings. The van der Waals surface area contributed by atoms with Gasteiger partial charge < -0.3 is 0 Å². The number of ketones is 1. The molecule has 0 heterocycles. The minimum absolute atomic E-state index is 0.212. The van der Waals surface area contributed by atoms with E-state index >= 15 is 0 Å². The largest absolute Gasteiger partial charge is 0.297 e. The Hall–Kier alpha value is -0.130. The molecule has 0 aromatic rings. The highest BCUT2D eigenvalue weighted by atomic mass is 35.5. The van der Waals surface area contributed by atoms with E-state index in [4.69, 9.17) is 11.6 Å². The number of rotatable bonds is 7. The van der Waals surface area contributed by atoms with Crippen molar-refractivity contribution >= 4 is 27.5 Å². The van der Waals surface area contributed by atoms with Gasteiger partial charge in [-0.3, -0.25) is 8.98 Å². The second kappa shape index (κ2) is 6.34. The van der Waals surface area contributed by atoms with E-state index in [1.165, 1.54) is 0 Å². The summed E-state index contributed by atoms with van der Waals surface area (Å²) in [6.45, 7) is -0.360. The molecule has 0 aromatic carbocycles. The molecule has 0 atom stereocenters. The van der Waals surface area contributed by atoms with Gasteiger partial charge in [0.15, 0.2) is 5.78 Å². The van der Waals surface area contributed by atoms with Gasteiger partial charge in [-0.25, -0.2) is 0 Å². The highest BCUT2D eigenvalue weighted by molar-refractivity contribution is 7.86. The Morgan fingerprint density at radius 3 is 2.46 bits per heavy atom. The van der Waals surface area contributed by atoms with Gasteiger partial charge >= 0.3 is 0 Å². The minimum atomic E-state index is -3.50. The van der Waals surface area contributed by atoms with E-state index < -0.39 is 10.1 Å². The van der Waals surface area contributed by atoms with E-state index in [1.54, 1.807) is 0 Å². The summed E-state index contributed by atoms with van der Waals surface area (Å²) in [5.41, 5.74) is 0. The highest BCUT2D eigenvalue weighted by Gasteiger charge is 2.07. The van der Waals surface area contributed by atoms with E-state index in [9.17, 15) is 13.2 Å². The summed E-state index contributed by atoms with van der Waals surface area (Å²) >= 11 is 5.40. The van der Waals surface area contributed by atoms with Gasteiger partial charge in [0.2, 0.25) is 0 Å². The SMILES string of the molecule is CS(=O)(=O)OCC(=O)CCCCCl. The van der Waals surface area contributed by atoms with Crippen molar-refractivity contribution in [2.45, 2.75) is 19.3 Å². The highest BCUT2D eigenvalue weighted by Crippen LogP contribution is 1.99. The Labute approximate surface area is 83.3 Å². The number of hydrogen-bond donors (Lipinski definition) is 0. The first-order valence-corrected chi connectivity index (χ1v) is 6.23. The molecular weight excluding hydrogens is 216 g/mol. The molecule has 13 heavy (non-hydrogen) atoms. The first-order valence-electron chi connectivity index (χ1n) is 3.88. The predicted octanol–water partition coefficient (Wildman–Crippen LogP) is 0.941. The molecule has 78 valence electrons. The van der Waals surface area contributed by atoms with Crippen LogP contribution in [0.25, 0.3) is 0 Å². The van der Waals surface area contributed by atoms with Crippen molar-refractivity contribution in [3.05, 3.63) is 0 Å². The summed E-state index contributed by atoms with van der Waals surface area (Å²) in [6, 6.07) is 0. The van der Waals surface area contributed by atoms with Crippen molar-refractivity contribution < 1.29 is 17.4 Å². The molecule has 6 heteroatoms. The summed E-state index contributed by atoms with van der Waals surface area (Å²) in [4.78, 5) is 10.9. The maximum absolute atomic E-state index is 10.9. The van der Waals surface area contributed by atoms with Crippen LogP contribution in [0.5, 0.6) is 0 Å². The first-order chi connectivity index (χ1) is 5.95. The number of Topliss-reactive ketones (excluding diaryl/α,β-unsaturated/α-hetero) is 1. The summed E-state index contributed by atoms with van der Waals surface area (Å²) in [6.07, 6.45) is 2.67. The van der Waals surface area contributed by atoms with Gasteiger partial charge in [0.1, 0.15) is 6.61 Å². The molecule has 0 aliphatic heterocycles. The van der Waals surface area contributed by atoms with Crippen molar-refractivity contribution in [2.24, 2.45) is 0 Å². The molecule has 0 fully saturated rings. The average Bonchev–Trinajstić information content (AvgIpc) is 2.00. The van der Waals surface area contributed by atoms with Gasteiger partial charge in [0.25, 0.3) is 10.1 Å². The third-order valence-electron chi connectivity index (χ3n) is 1.27. The zero-order valence-electron chi connectivity index (χ0n) is 7.45. The lowest BCUT2D eigenvalue weighted by molar-refractivity contribution is -0.121. The molecule has 0 saturated carbocycles. The van der Waals surface area contributed by atoms with Crippen LogP contribution in [0.3, 0.4) is 0 Å². The summed E-state index contributed by atoms with van der Waals surface area (Å²) in [7, 11) is -3.50. The van der Waals surface area contributed by atoms with Crippen LogP contribution in [0.15, 0.2) is 0 Å². The standard InChI is InChI=1S/C7H13ClO4S/c1-13(10,11)12-6-7(9)4-2-3-5-8/h2-6H2,1H3. The number of halogens is 1. The van der Waals surface area contributed by atoms with Crippen LogP contribution < -0.4 is 0 Å². The molecule has 0 aromatic heterocycles. The molecule has 0 aliphatic carbocycles. The van der Waals surface area contributed by atoms with Gasteiger partial charge in [0, 0.05) is 12.3 Å². The van der Waals surface area contributed by atoms with Crippen LogP contribution in [0.4, 0.5) is 0 Å². The molecule has 0 saturated heterocycles. The molecule has 0 amide bonds. The van der Waals surface area contributed by atoms with Gasteiger partial charge in [-0.2, -0.15) is 8.42 Å². The number of unbranched alkanes of at least 4 members (excludes halogenated alkanes) is 1. The number of carbonyl (C=O) groups is 1. The van der Waals surface area contributed by atoms with Crippen LogP contribution in [-0.4, -0.2) is 32.9 Å². The van der Waals surface area contributed by atoms with Crippen molar-refractivity contribution in [2.75, 3.05) is 18.7 Å². The molecule has 0 spiro atoms. The quantitative estimate of drug-likeness (QED) is 0.370. The second-order valence-corrected chi connectivity index (χ2v) is 4.67. The predicted molar refractivity (Wildman–Crippen MR) is 50.4 cm³/mol. The van der Waals surface area contributed by atoms with Gasteiger partial charge in [-0.1, -0.05) is 0 Å². The molecule has 0 rings (SSSR count). The minimum Gasteiger partial charge on any atom is -0.297 e. The zero-order chi connectivity index (χ0) is 10.3. The number of hydrogen-bond acceptors (Lipinski definition) is 4. The fourth-order valence-corrected chi connectivity index (χ4v) is 1.20. The first kappa shape index (κ1) is 12.9. The number of carbonyl (C=O) groups excluding carboxylic acids is 1. The topological polar surface area (TPSA) is 60.4 Å². The Kier molecular flexibility index (Phi) is 6.28. The molecule has 0 unspecified atom stereocenters. The molecule has 4 nitrogen and oxygen atoms in total. The summed E-state index contributed by atoms with van der Waals surface area (Å²) in [5, 5.41) is 0. The maximum Gasteiger partial charge on any atom is 0.264 e. The van der Waals surface area contributed by atoms with Crippen molar-refractivity contribution in [1.29, 1.82) is 0 Å². The van der Waals surface area contributed by atoms with Gasteiger partial charge in [-0.05, 0) is 12.8 Å². The fourth-order valence-electron chi connectivity index (χ4n) is 0.662. The van der Waals surface area contributed by atoms with E-state index in [1.807, 2.05) is 0 Å². The van der Waals surface area contributed by atoms with Crippen molar-refractivity contribution in [1.82, 2.24) is 0 Å². The number of alkyl halides is 1. The van der Waals surface area contributed by atoms with Crippen LogP contribution >= 0.6 is 11.6 Å². The fraction of sp³-hybridized carbons (Fsp3) is 0.857. The van der Waals surface area contributed by atoms with E-state index in [2.05, 4.69) is 4.18 Å². The lowest BCUT2D eigenvalue weighted by Crippen LogP contribution is -2.12. The smallest absolute Gasteiger partial charge is 0.264 e. The molecule has 0 N–H and O–H groups in total. The molecular formula is C7H13ClO4S. The maximum atomic E-state index is 10.9. The second-order valence-electron chi connectivity index (χ2n) is 2.65. The Bertz CT molecular complexity index is 247. The monoisotopic (exact) mass is 228 g/mol. The van der Waals surface area contributed by atoms with Crippen molar-refractivity contribution in [3.8, 4) is 0 Å². The Morgan fingerprint density at radius 2 is 2.00 bits per heavy atom. The molecule has 0 radical (unpaired) electrons. The third-order valence-corrected chi connectivity index (χ3v) is 2.09. The normalized spacial score (nSPS) is 11.5. The summed E-state index contributed by atoms with van der Waals surface area (Å²) < 4.78 is 25.3. The molecule has 0 bridgehead atoms. The van der Waals surface area contributed by atoms with Crippen LogP contribution in [-0.2, 0) is 19.1 Å². The third kappa shape index (κ3) is 9.79. The van der Waals surface area contributed by atoms with E-state index in [-0.39, 0.29) is 12.4 Å². The average molecular weight is 229 g/mol. The van der Waals surface area contributed by atoms with Gasteiger partial charge in [-0.15, -0.1) is 11.6 Å². The Morgan fingerprint density at radius 1 is 1.38 bits per heavy atom. The van der Waals surface area contributed by atoms with Gasteiger partial charge in [0.05, 0.1) is 6.26 Å². The lowest BCUT2D eigenvalue weighted by atomic mass is 10.2. The van der Waals surface area contributed by atoms with Crippen LogP contribution in [0, 0.1) is 0 Å².